The van der Waals surface area contributed by atoms with Gasteiger partial charge < -0.3 is 24.9 Å². The minimum atomic E-state index is -1.08. The average molecular weight is 562 g/mol. The predicted octanol–water partition coefficient (Wildman–Crippen LogP) is 2.24. The molecule has 0 amide bonds. The topological polar surface area (TPSA) is 107 Å². The maximum atomic E-state index is 11.8. The van der Waals surface area contributed by atoms with Crippen molar-refractivity contribution in [1.29, 1.82) is 0 Å². The molecule has 0 aliphatic carbocycles. The number of carboxylic acid groups (broad SMARTS) is 1. The Morgan fingerprint density at radius 2 is 1.80 bits per heavy atom. The third kappa shape index (κ3) is 12.0. The molecule has 1 aliphatic heterocycles. The van der Waals surface area contributed by atoms with Crippen LogP contribution >= 0.6 is 0 Å². The Hall–Kier alpha value is -1.77. The summed E-state index contributed by atoms with van der Waals surface area (Å²) in [5.74, 6) is 0.350. The smallest absolute Gasteiger partial charge is 0.548 e. The van der Waals surface area contributed by atoms with Gasteiger partial charge in [0, 0.05) is 43.1 Å². The van der Waals surface area contributed by atoms with Crippen LogP contribution in [0.1, 0.15) is 89.0 Å². The second-order valence-corrected chi connectivity index (χ2v) is 11.2. The predicted molar refractivity (Wildman–Crippen MR) is 158 cm³/mol. The van der Waals surface area contributed by atoms with Crippen LogP contribution in [0.2, 0.25) is 0 Å². The number of nitrogens with zero attached hydrogens (tertiary/aromatic N) is 1. The number of carbonyl (C=O) groups is 1. The molecule has 40 heavy (non-hydrogen) atoms. The van der Waals surface area contributed by atoms with Crippen LogP contribution in [-0.4, -0.2) is 35.9 Å². The first-order chi connectivity index (χ1) is 18.5. The van der Waals surface area contributed by atoms with Crippen molar-refractivity contribution in [3.05, 3.63) is 63.1 Å². The van der Waals surface area contributed by atoms with Crippen molar-refractivity contribution in [2.24, 2.45) is 22.7 Å². The summed E-state index contributed by atoms with van der Waals surface area (Å²) in [4.78, 5) is 31.0. The molecule has 2 aromatic rings. The molecule has 2 atom stereocenters. The summed E-state index contributed by atoms with van der Waals surface area (Å²) in [6.07, 6.45) is 7.07. The van der Waals surface area contributed by atoms with Crippen LogP contribution in [0.25, 0.3) is 0 Å². The molecular formula is C32H48N3NaO4. The number of aliphatic imine (C=N–C) groups is 1. The summed E-state index contributed by atoms with van der Waals surface area (Å²) in [6, 6.07) is 7.16. The number of aromatic nitrogens is 1. The van der Waals surface area contributed by atoms with Gasteiger partial charge in [0.2, 0.25) is 0 Å². The summed E-state index contributed by atoms with van der Waals surface area (Å²) in [5.41, 5.74) is 5.21. The van der Waals surface area contributed by atoms with Crippen molar-refractivity contribution in [1.82, 2.24) is 10.3 Å². The number of H-pyrrole nitrogens is 1. The van der Waals surface area contributed by atoms with Crippen LogP contribution in [0.15, 0.2) is 40.2 Å². The number of aliphatic carboxylic acids is 1. The van der Waals surface area contributed by atoms with Gasteiger partial charge in [-0.15, -0.1) is 0 Å². The molecule has 3 rings (SSSR count). The number of hydrogen-bond donors (Lipinski definition) is 2. The number of carboxylic acids is 1. The molecule has 1 fully saturated rings. The van der Waals surface area contributed by atoms with E-state index >= 15 is 0 Å². The molecular weight excluding hydrogens is 513 g/mol. The van der Waals surface area contributed by atoms with E-state index in [4.69, 9.17) is 9.73 Å². The van der Waals surface area contributed by atoms with Gasteiger partial charge in [0.25, 0.3) is 5.56 Å². The molecule has 0 radical (unpaired) electrons. The van der Waals surface area contributed by atoms with Gasteiger partial charge in [-0.25, -0.2) is 0 Å². The van der Waals surface area contributed by atoms with Crippen molar-refractivity contribution in [3.63, 3.8) is 0 Å². The molecule has 0 saturated carbocycles. The van der Waals surface area contributed by atoms with Crippen molar-refractivity contribution >= 4 is 17.4 Å². The monoisotopic (exact) mass is 561 g/mol. The van der Waals surface area contributed by atoms with E-state index < -0.39 is 12.0 Å². The van der Waals surface area contributed by atoms with Gasteiger partial charge in [-0.2, -0.15) is 0 Å². The number of carbonyl (C=O) groups excluding carboxylic acids is 1. The first-order valence-corrected chi connectivity index (χ1v) is 14.4. The fourth-order valence-corrected chi connectivity index (χ4v) is 4.54. The summed E-state index contributed by atoms with van der Waals surface area (Å²) >= 11 is 0. The molecule has 1 saturated heterocycles. The first-order valence-electron chi connectivity index (χ1n) is 14.4. The number of pyridine rings is 1. The molecule has 2 N–H and O–H groups in total. The number of nitrogens with one attached hydrogen (secondary N) is 2. The number of benzene rings is 1. The fourth-order valence-electron chi connectivity index (χ4n) is 4.54. The molecule has 0 bridgehead atoms. The van der Waals surface area contributed by atoms with Gasteiger partial charge in [-0.3, -0.25) is 9.79 Å². The van der Waals surface area contributed by atoms with Gasteiger partial charge in [-0.05, 0) is 80.5 Å². The Balaban J connectivity index is 0.000000761. The summed E-state index contributed by atoms with van der Waals surface area (Å²) in [7, 11) is 0. The number of aromatic amines is 1. The SMILES string of the molecule is CCC1CCOCC1.CC[C@@H](C)C(=Nc1cc(CNC(CC(C)C)C(=O)[O-])ccc1C)c1c[nH]c(=O)c(C)c1.[Na+]. The van der Waals surface area contributed by atoms with E-state index in [1.54, 1.807) is 13.1 Å². The Kier molecular flexibility index (Phi) is 16.9. The van der Waals surface area contributed by atoms with Gasteiger partial charge in [-0.1, -0.05) is 53.2 Å². The Morgan fingerprint density at radius 1 is 1.12 bits per heavy atom. The molecule has 7 nitrogen and oxygen atoms in total. The van der Waals surface area contributed by atoms with E-state index in [0.717, 1.165) is 53.6 Å². The number of aryl methyl sites for hydroxylation is 2. The van der Waals surface area contributed by atoms with E-state index in [0.29, 0.717) is 18.5 Å². The second-order valence-electron chi connectivity index (χ2n) is 11.2. The summed E-state index contributed by atoms with van der Waals surface area (Å²) in [6.45, 7) is 16.7. The maximum absolute atomic E-state index is 11.8. The molecule has 1 aromatic carbocycles. The fraction of sp³-hybridized carbons (Fsp3) is 0.594. The Bertz CT molecular complexity index is 1140. The molecule has 1 aromatic heterocycles. The second kappa shape index (κ2) is 18.6. The van der Waals surface area contributed by atoms with Crippen molar-refractivity contribution in [3.8, 4) is 0 Å². The maximum Gasteiger partial charge on any atom is 1.00 e. The van der Waals surface area contributed by atoms with Crippen molar-refractivity contribution in [2.75, 3.05) is 13.2 Å². The van der Waals surface area contributed by atoms with E-state index in [1.165, 1.54) is 19.3 Å². The van der Waals surface area contributed by atoms with Gasteiger partial charge in [0.05, 0.1) is 17.4 Å². The normalized spacial score (nSPS) is 15.6. The van der Waals surface area contributed by atoms with E-state index in [-0.39, 0.29) is 47.0 Å². The van der Waals surface area contributed by atoms with Crippen molar-refractivity contribution < 1.29 is 44.2 Å². The quantitative estimate of drug-likeness (QED) is 0.323. The molecule has 216 valence electrons. The van der Waals surface area contributed by atoms with Crippen LogP contribution in [0.5, 0.6) is 0 Å². The largest absolute Gasteiger partial charge is 1.00 e. The third-order valence-corrected chi connectivity index (χ3v) is 7.44. The first kappa shape index (κ1) is 36.3. The third-order valence-electron chi connectivity index (χ3n) is 7.44. The van der Waals surface area contributed by atoms with Gasteiger partial charge in [0.1, 0.15) is 0 Å². The van der Waals surface area contributed by atoms with Crippen molar-refractivity contribution in [2.45, 2.75) is 93.2 Å². The zero-order chi connectivity index (χ0) is 28.9. The summed E-state index contributed by atoms with van der Waals surface area (Å²) < 4.78 is 5.20. The standard InChI is InChI=1S/C25H35N3O3.C7H14O.Na/c1-7-16(4)23(20-11-18(6)24(29)27-14-20)28-21-12-19(9-8-17(21)5)13-26-22(25(30)31)10-15(2)3;1-2-7-3-5-8-6-4-7;/h8-9,11-12,14-16,22,26H,7,10,13H2,1-6H3,(H,27,29)(H,30,31);7H,2-6H2,1H3;/q;;+1/p-1/t16-,22?;;/m1../s1. The van der Waals surface area contributed by atoms with Crippen LogP contribution in [0, 0.1) is 31.6 Å². The van der Waals surface area contributed by atoms with E-state index in [9.17, 15) is 14.7 Å². The minimum absolute atomic E-state index is 0. The Morgan fingerprint density at radius 3 is 2.33 bits per heavy atom. The molecule has 2 heterocycles. The molecule has 1 aliphatic rings. The average Bonchev–Trinajstić information content (AvgIpc) is 2.92. The minimum Gasteiger partial charge on any atom is -0.548 e. The molecule has 8 heteroatoms. The van der Waals surface area contributed by atoms with Crippen LogP contribution < -0.4 is 45.5 Å². The number of rotatable bonds is 11. The number of ether oxygens (including phenoxy) is 1. The number of hydrogen-bond acceptors (Lipinski definition) is 6. The Labute approximate surface area is 262 Å². The zero-order valence-corrected chi connectivity index (χ0v) is 27.9. The van der Waals surface area contributed by atoms with Gasteiger partial charge in [0.15, 0.2) is 0 Å². The van der Waals surface area contributed by atoms with Crippen LogP contribution in [0.3, 0.4) is 0 Å². The van der Waals surface area contributed by atoms with Gasteiger partial charge >= 0.3 is 29.6 Å². The molecule has 1 unspecified atom stereocenters. The van der Waals surface area contributed by atoms with Crippen LogP contribution in [0.4, 0.5) is 5.69 Å². The molecule has 0 spiro atoms. The van der Waals surface area contributed by atoms with E-state index in [1.807, 2.05) is 45.0 Å². The van der Waals surface area contributed by atoms with E-state index in [2.05, 4.69) is 31.1 Å². The zero-order valence-electron chi connectivity index (χ0n) is 25.9. The summed E-state index contributed by atoms with van der Waals surface area (Å²) in [5, 5.41) is 14.5. The van der Waals surface area contributed by atoms with Crippen LogP contribution in [-0.2, 0) is 16.1 Å².